The van der Waals surface area contributed by atoms with Gasteiger partial charge in [-0.25, -0.2) is 8.42 Å². The van der Waals surface area contributed by atoms with E-state index in [1.165, 1.54) is 0 Å². The first-order chi connectivity index (χ1) is 13.3. The van der Waals surface area contributed by atoms with E-state index in [2.05, 4.69) is 11.1 Å². The zero-order chi connectivity index (χ0) is 20.6. The first kappa shape index (κ1) is 21.4. The molecule has 0 saturated heterocycles. The number of benzene rings is 3. The predicted molar refractivity (Wildman–Crippen MR) is 112 cm³/mol. The van der Waals surface area contributed by atoms with Crippen LogP contribution < -0.4 is 16.0 Å². The van der Waals surface area contributed by atoms with E-state index in [0.29, 0.717) is 11.3 Å². The molecule has 3 aromatic carbocycles. The van der Waals surface area contributed by atoms with Crippen molar-refractivity contribution in [3.05, 3.63) is 90.5 Å². The Morgan fingerprint density at radius 2 is 1.36 bits per heavy atom. The lowest BCUT2D eigenvalue weighted by Gasteiger charge is -2.24. The summed E-state index contributed by atoms with van der Waals surface area (Å²) >= 11 is 0. The van der Waals surface area contributed by atoms with E-state index in [1.807, 2.05) is 55.4 Å². The minimum absolute atomic E-state index is 0.416. The van der Waals surface area contributed by atoms with E-state index >= 15 is 0 Å². The van der Waals surface area contributed by atoms with Gasteiger partial charge in [0, 0.05) is 25.5 Å². The second kappa shape index (κ2) is 9.89. The van der Waals surface area contributed by atoms with E-state index in [1.54, 1.807) is 48.5 Å². The van der Waals surface area contributed by atoms with Crippen molar-refractivity contribution in [2.75, 3.05) is 24.3 Å². The van der Waals surface area contributed by atoms with Crippen molar-refractivity contribution < 1.29 is 18.7 Å². The van der Waals surface area contributed by atoms with E-state index in [4.69, 9.17) is 0 Å². The van der Waals surface area contributed by atoms with Gasteiger partial charge in [-0.15, -0.1) is 0 Å². The Hall–Kier alpha value is -2.87. The van der Waals surface area contributed by atoms with Crippen LogP contribution in [0.4, 0.5) is 17.1 Å². The first-order valence-corrected chi connectivity index (χ1v) is 10.1. The molecule has 0 fully saturated rings. The average molecular weight is 400 g/mol. The van der Waals surface area contributed by atoms with Gasteiger partial charge in [-0.1, -0.05) is 48.5 Å². The van der Waals surface area contributed by atoms with Gasteiger partial charge in [-0.05, 0) is 42.0 Å². The highest BCUT2D eigenvalue weighted by atomic mass is 32.2. The molecule has 0 aliphatic carbocycles. The van der Waals surface area contributed by atoms with Crippen molar-refractivity contribution in [2.24, 2.45) is 0 Å². The van der Waals surface area contributed by atoms with Gasteiger partial charge < -0.3 is 20.5 Å². The lowest BCUT2D eigenvalue weighted by atomic mass is 10.2. The molecule has 148 valence electrons. The summed E-state index contributed by atoms with van der Waals surface area (Å²) in [5.74, 6) is 0. The van der Waals surface area contributed by atoms with Crippen LogP contribution in [0.25, 0.3) is 0 Å². The molecule has 0 radical (unpaired) electrons. The van der Waals surface area contributed by atoms with Gasteiger partial charge >= 0.3 is 0 Å². The molecule has 1 atom stereocenters. The third-order valence-electron chi connectivity index (χ3n) is 3.92. The fraction of sp³-hybridized carbons (Fsp3) is 0.143. The normalized spacial score (nSPS) is 11.7. The zero-order valence-corrected chi connectivity index (χ0v) is 16.8. The highest BCUT2D eigenvalue weighted by Crippen LogP contribution is 2.25. The standard InChI is InChI=1S/C15H18N2O3S.C6H7N/c1-17(2)14-10-8-12(9-11-14)15(21(18,19)20)16-13-6-4-3-5-7-13;7-6-4-2-1-3-5-6/h3-11,15-16H,1-2H3,(H,18,19,20);1-5H,7H2. The third-order valence-corrected chi connectivity index (χ3v) is 4.88. The number of rotatable bonds is 5. The lowest BCUT2D eigenvalue weighted by Crippen LogP contribution is -2.39. The quantitative estimate of drug-likeness (QED) is 0.643. The van der Waals surface area contributed by atoms with Crippen LogP contribution in [0.2, 0.25) is 0 Å². The van der Waals surface area contributed by atoms with Crippen LogP contribution in [0, 0.1) is 0 Å². The molecule has 3 aromatic rings. The number of para-hydroxylation sites is 1. The van der Waals surface area contributed by atoms with E-state index < -0.39 is 15.5 Å². The number of nitrogens with one attached hydrogen (secondary N) is 1. The molecule has 0 saturated carbocycles. The van der Waals surface area contributed by atoms with Crippen molar-refractivity contribution >= 4 is 27.2 Å². The van der Waals surface area contributed by atoms with Crippen LogP contribution in [0.3, 0.4) is 0 Å². The predicted octanol–water partition coefficient (Wildman–Crippen LogP) is 2.97. The van der Waals surface area contributed by atoms with Gasteiger partial charge in [0.15, 0.2) is 0 Å². The molecule has 4 N–H and O–H groups in total. The molecule has 6 nitrogen and oxygen atoms in total. The van der Waals surface area contributed by atoms with Crippen LogP contribution in [0.15, 0.2) is 84.9 Å². The first-order valence-electron chi connectivity index (χ1n) is 8.68. The molecule has 0 heterocycles. The number of hydrogen-bond acceptors (Lipinski definition) is 5. The van der Waals surface area contributed by atoms with Crippen molar-refractivity contribution in [1.82, 2.24) is 0 Å². The molecule has 0 aliphatic rings. The Balaban J connectivity index is 0.000000336. The SMILES string of the molecule is CN(C)c1ccc(C(Nc2ccccc2)S(=O)(=O)[O-])cc1.[NH3+]c1ccccc1. The van der Waals surface area contributed by atoms with Crippen LogP contribution in [-0.2, 0) is 10.1 Å². The van der Waals surface area contributed by atoms with Crippen molar-refractivity contribution in [1.29, 1.82) is 0 Å². The summed E-state index contributed by atoms with van der Waals surface area (Å²) in [4.78, 5) is 1.90. The smallest absolute Gasteiger partial charge is 0.143 e. The molecule has 3 rings (SSSR count). The maximum absolute atomic E-state index is 11.5. The maximum Gasteiger partial charge on any atom is 0.143 e. The molecule has 7 heteroatoms. The topological polar surface area (TPSA) is 100 Å². The summed E-state index contributed by atoms with van der Waals surface area (Å²) in [5, 5.41) is 1.46. The summed E-state index contributed by atoms with van der Waals surface area (Å²) in [6, 6.07) is 25.5. The van der Waals surface area contributed by atoms with E-state index in [-0.39, 0.29) is 0 Å². The van der Waals surface area contributed by atoms with Crippen LogP contribution in [0.5, 0.6) is 0 Å². The van der Waals surface area contributed by atoms with Gasteiger partial charge in [0.25, 0.3) is 0 Å². The molecule has 0 bridgehead atoms. The van der Waals surface area contributed by atoms with Crippen molar-refractivity contribution in [2.45, 2.75) is 5.37 Å². The van der Waals surface area contributed by atoms with Crippen LogP contribution >= 0.6 is 0 Å². The number of nitrogens with zero attached hydrogens (tertiary/aromatic N) is 1. The Morgan fingerprint density at radius 3 is 1.75 bits per heavy atom. The van der Waals surface area contributed by atoms with Gasteiger partial charge in [0.2, 0.25) is 0 Å². The lowest BCUT2D eigenvalue weighted by molar-refractivity contribution is -0.254. The molecular weight excluding hydrogens is 374 g/mol. The number of anilines is 2. The number of hydrogen-bond donors (Lipinski definition) is 2. The highest BCUT2D eigenvalue weighted by molar-refractivity contribution is 7.86. The maximum atomic E-state index is 11.5. The van der Waals surface area contributed by atoms with Gasteiger partial charge in [-0.3, -0.25) is 0 Å². The summed E-state index contributed by atoms with van der Waals surface area (Å²) < 4.78 is 34.6. The van der Waals surface area contributed by atoms with Gasteiger partial charge in [-0.2, -0.15) is 0 Å². The minimum Gasteiger partial charge on any atom is -0.746 e. The summed E-state index contributed by atoms with van der Waals surface area (Å²) in [6.07, 6.45) is 0. The third kappa shape index (κ3) is 6.70. The molecule has 0 aliphatic heterocycles. The largest absolute Gasteiger partial charge is 0.746 e. The summed E-state index contributed by atoms with van der Waals surface area (Å²) in [7, 11) is -0.748. The van der Waals surface area contributed by atoms with E-state index in [0.717, 1.165) is 11.4 Å². The van der Waals surface area contributed by atoms with Crippen molar-refractivity contribution in [3.8, 4) is 0 Å². The minimum atomic E-state index is -4.52. The Kier molecular flexibility index (Phi) is 7.57. The molecular formula is C21H25N3O3S. The second-order valence-corrected chi connectivity index (χ2v) is 7.81. The molecule has 0 aromatic heterocycles. The van der Waals surface area contributed by atoms with Crippen LogP contribution in [0.1, 0.15) is 10.9 Å². The highest BCUT2D eigenvalue weighted by Gasteiger charge is 2.18. The van der Waals surface area contributed by atoms with Gasteiger partial charge in [0.05, 0.1) is 0 Å². The van der Waals surface area contributed by atoms with Crippen LogP contribution in [-0.4, -0.2) is 27.1 Å². The van der Waals surface area contributed by atoms with Crippen molar-refractivity contribution in [3.63, 3.8) is 0 Å². The summed E-state index contributed by atoms with van der Waals surface area (Å²) in [5.41, 5.74) is 6.72. The van der Waals surface area contributed by atoms with E-state index in [9.17, 15) is 13.0 Å². The van der Waals surface area contributed by atoms with Gasteiger partial charge in [0.1, 0.15) is 21.2 Å². The molecule has 1 unspecified atom stereocenters. The fourth-order valence-electron chi connectivity index (χ4n) is 2.43. The Bertz CT molecular complexity index is 945. The Morgan fingerprint density at radius 1 is 0.857 bits per heavy atom. The second-order valence-electron chi connectivity index (χ2n) is 6.35. The molecule has 0 spiro atoms. The monoisotopic (exact) mass is 399 g/mol. The summed E-state index contributed by atoms with van der Waals surface area (Å²) in [6.45, 7) is 0. The Labute approximate surface area is 166 Å². The zero-order valence-electron chi connectivity index (χ0n) is 15.9. The number of quaternary nitrogens is 1. The molecule has 28 heavy (non-hydrogen) atoms. The molecule has 0 amide bonds. The fourth-order valence-corrected chi connectivity index (χ4v) is 3.20. The average Bonchev–Trinajstić information content (AvgIpc) is 2.67.